The van der Waals surface area contributed by atoms with Gasteiger partial charge in [-0.1, -0.05) is 30.3 Å². The minimum atomic E-state index is -0.632. The first kappa shape index (κ1) is 20.9. The Kier molecular flexibility index (Phi) is 6.03. The maximum absolute atomic E-state index is 13.2. The Morgan fingerprint density at radius 2 is 1.80 bits per heavy atom. The van der Waals surface area contributed by atoms with Gasteiger partial charge in [0, 0.05) is 5.56 Å². The number of rotatable bonds is 6. The van der Waals surface area contributed by atoms with Gasteiger partial charge in [0.25, 0.3) is 5.56 Å². The normalized spacial score (nSPS) is 11.5. The summed E-state index contributed by atoms with van der Waals surface area (Å²) in [5, 5.41) is 20.5. The molecule has 1 unspecified atom stereocenters. The van der Waals surface area contributed by atoms with E-state index in [4.69, 9.17) is 4.74 Å². The van der Waals surface area contributed by atoms with Crippen molar-refractivity contribution in [3.63, 3.8) is 0 Å². The van der Waals surface area contributed by atoms with Gasteiger partial charge in [0.2, 0.25) is 5.88 Å². The lowest BCUT2D eigenvalue weighted by Gasteiger charge is -2.21. The molecule has 3 rings (SSSR count). The molecular weight excluding hydrogens is 380 g/mol. The van der Waals surface area contributed by atoms with E-state index >= 15 is 0 Å². The lowest BCUT2D eigenvalue weighted by Crippen LogP contribution is -2.29. The van der Waals surface area contributed by atoms with E-state index < -0.39 is 23.3 Å². The third-order valence-electron chi connectivity index (χ3n) is 5.07. The first-order chi connectivity index (χ1) is 14.4. The molecule has 0 spiro atoms. The summed E-state index contributed by atoms with van der Waals surface area (Å²) in [6, 6.07) is 16.9. The summed E-state index contributed by atoms with van der Waals surface area (Å²) in [5.74, 6) is -0.305. The van der Waals surface area contributed by atoms with Crippen molar-refractivity contribution in [2.45, 2.75) is 26.8 Å². The molecule has 6 heteroatoms. The number of carbonyl (C=O) groups excluding carboxylic acids is 1. The average molecular weight is 402 g/mol. The van der Waals surface area contributed by atoms with E-state index in [1.165, 1.54) is 6.92 Å². The number of carbonyl (C=O) groups is 1. The number of benzene rings is 2. The van der Waals surface area contributed by atoms with Crippen LogP contribution in [0.25, 0.3) is 0 Å². The Morgan fingerprint density at radius 3 is 2.37 bits per heavy atom. The molecule has 0 bridgehead atoms. The average Bonchev–Trinajstić information content (AvgIpc) is 2.75. The topological polar surface area (TPSA) is 92.3 Å². The molecule has 1 heterocycles. The maximum atomic E-state index is 13.2. The van der Waals surface area contributed by atoms with Crippen LogP contribution in [-0.2, 0) is 0 Å². The Morgan fingerprint density at radius 1 is 1.17 bits per heavy atom. The summed E-state index contributed by atoms with van der Waals surface area (Å²) in [7, 11) is 0. The lowest BCUT2D eigenvalue weighted by atomic mass is 9.96. The molecule has 0 saturated carbocycles. The minimum Gasteiger partial charge on any atom is -0.494 e. The van der Waals surface area contributed by atoms with E-state index in [2.05, 4.69) is 0 Å². The van der Waals surface area contributed by atoms with Crippen molar-refractivity contribution in [3.05, 3.63) is 92.8 Å². The standard InChI is InChI=1S/C24H22N2O4/c1-4-30-19-12-10-18(11-13-19)22(27)21-15(2)20(14-25)23(28)26(24(21)29)16(3)17-8-6-5-7-9-17/h5-13,16,29H,4H2,1-3H3. The van der Waals surface area contributed by atoms with Crippen LogP contribution in [0, 0.1) is 18.3 Å². The quantitative estimate of drug-likeness (QED) is 0.630. The van der Waals surface area contributed by atoms with Crippen LogP contribution >= 0.6 is 0 Å². The molecule has 152 valence electrons. The second kappa shape index (κ2) is 8.66. The summed E-state index contributed by atoms with van der Waals surface area (Å²) in [4.78, 5) is 26.2. The highest BCUT2D eigenvalue weighted by molar-refractivity contribution is 6.11. The molecule has 0 saturated heterocycles. The van der Waals surface area contributed by atoms with Gasteiger partial charge in [-0.05, 0) is 56.2 Å². The summed E-state index contributed by atoms with van der Waals surface area (Å²) in [5.41, 5.74) is 0.394. The van der Waals surface area contributed by atoms with Crippen LogP contribution in [0.2, 0.25) is 0 Å². The second-order valence-electron chi connectivity index (χ2n) is 6.86. The minimum absolute atomic E-state index is 0.0573. The summed E-state index contributed by atoms with van der Waals surface area (Å²) in [6.45, 7) is 5.60. The van der Waals surface area contributed by atoms with E-state index in [9.17, 15) is 20.0 Å². The van der Waals surface area contributed by atoms with Gasteiger partial charge in [-0.3, -0.25) is 14.2 Å². The fraction of sp³-hybridized carbons (Fsp3) is 0.208. The second-order valence-corrected chi connectivity index (χ2v) is 6.86. The fourth-order valence-electron chi connectivity index (χ4n) is 3.45. The van der Waals surface area contributed by atoms with E-state index in [0.717, 1.165) is 10.1 Å². The maximum Gasteiger partial charge on any atom is 0.272 e. The third-order valence-corrected chi connectivity index (χ3v) is 5.07. The van der Waals surface area contributed by atoms with Crippen molar-refractivity contribution in [3.8, 4) is 17.7 Å². The molecule has 0 fully saturated rings. The van der Waals surface area contributed by atoms with E-state index in [-0.39, 0.29) is 16.7 Å². The highest BCUT2D eigenvalue weighted by Gasteiger charge is 2.27. The van der Waals surface area contributed by atoms with Gasteiger partial charge < -0.3 is 9.84 Å². The van der Waals surface area contributed by atoms with Gasteiger partial charge >= 0.3 is 0 Å². The number of hydrogen-bond acceptors (Lipinski definition) is 5. The van der Waals surface area contributed by atoms with Crippen molar-refractivity contribution in [1.29, 1.82) is 5.26 Å². The Labute approximate surface area is 174 Å². The smallest absolute Gasteiger partial charge is 0.272 e. The van der Waals surface area contributed by atoms with Crippen LogP contribution in [-0.4, -0.2) is 22.1 Å². The van der Waals surface area contributed by atoms with Crippen LogP contribution in [0.4, 0.5) is 0 Å². The van der Waals surface area contributed by atoms with Crippen molar-refractivity contribution < 1.29 is 14.6 Å². The highest BCUT2D eigenvalue weighted by Crippen LogP contribution is 2.29. The Balaban J connectivity index is 2.19. The predicted octanol–water partition coefficient (Wildman–Crippen LogP) is 3.97. The molecule has 0 amide bonds. The Bertz CT molecular complexity index is 1170. The molecule has 0 radical (unpaired) electrons. The van der Waals surface area contributed by atoms with E-state index in [1.807, 2.05) is 43.3 Å². The molecule has 1 atom stereocenters. The molecule has 1 N–H and O–H groups in total. The van der Waals surface area contributed by atoms with Gasteiger partial charge in [0.1, 0.15) is 17.4 Å². The van der Waals surface area contributed by atoms with Crippen molar-refractivity contribution in [2.24, 2.45) is 0 Å². The zero-order chi connectivity index (χ0) is 21.8. The number of hydrogen-bond donors (Lipinski definition) is 1. The molecule has 1 aromatic heterocycles. The molecule has 2 aromatic carbocycles. The molecule has 0 aliphatic carbocycles. The van der Waals surface area contributed by atoms with Crippen LogP contribution in [0.1, 0.15) is 52.5 Å². The van der Waals surface area contributed by atoms with Crippen molar-refractivity contribution in [2.75, 3.05) is 6.61 Å². The molecule has 30 heavy (non-hydrogen) atoms. The molecule has 0 aliphatic rings. The lowest BCUT2D eigenvalue weighted by molar-refractivity contribution is 0.103. The van der Waals surface area contributed by atoms with Crippen LogP contribution in [0.3, 0.4) is 0 Å². The summed E-state index contributed by atoms with van der Waals surface area (Å²) in [6.07, 6.45) is 0. The number of ketones is 1. The summed E-state index contributed by atoms with van der Waals surface area (Å²) >= 11 is 0. The molecule has 0 aliphatic heterocycles. The van der Waals surface area contributed by atoms with Gasteiger partial charge in [-0.2, -0.15) is 5.26 Å². The molecule has 3 aromatic rings. The van der Waals surface area contributed by atoms with Crippen LogP contribution in [0.15, 0.2) is 59.4 Å². The van der Waals surface area contributed by atoms with E-state index in [1.54, 1.807) is 31.2 Å². The van der Waals surface area contributed by atoms with Crippen LogP contribution < -0.4 is 10.3 Å². The van der Waals surface area contributed by atoms with E-state index in [0.29, 0.717) is 17.9 Å². The first-order valence-electron chi connectivity index (χ1n) is 9.61. The van der Waals surface area contributed by atoms with Gasteiger partial charge in [0.15, 0.2) is 5.78 Å². The molecule has 6 nitrogen and oxygen atoms in total. The van der Waals surface area contributed by atoms with Gasteiger partial charge in [-0.25, -0.2) is 0 Å². The predicted molar refractivity (Wildman–Crippen MR) is 113 cm³/mol. The first-order valence-corrected chi connectivity index (χ1v) is 9.61. The largest absolute Gasteiger partial charge is 0.494 e. The number of pyridine rings is 1. The number of nitrogens with zero attached hydrogens (tertiary/aromatic N) is 2. The fourth-order valence-corrected chi connectivity index (χ4v) is 3.45. The number of ether oxygens (including phenoxy) is 1. The van der Waals surface area contributed by atoms with Crippen molar-refractivity contribution >= 4 is 5.78 Å². The number of aromatic hydroxyl groups is 1. The monoisotopic (exact) mass is 402 g/mol. The SMILES string of the molecule is CCOc1ccc(C(=O)c2c(C)c(C#N)c(=O)n(C(C)c3ccccc3)c2O)cc1. The Hall–Kier alpha value is -3.85. The van der Waals surface area contributed by atoms with Crippen LogP contribution in [0.5, 0.6) is 11.6 Å². The highest BCUT2D eigenvalue weighted by atomic mass is 16.5. The zero-order valence-corrected chi connectivity index (χ0v) is 17.0. The third kappa shape index (κ3) is 3.70. The number of aromatic nitrogens is 1. The zero-order valence-electron chi connectivity index (χ0n) is 17.0. The molecular formula is C24H22N2O4. The number of nitriles is 1. The van der Waals surface area contributed by atoms with Gasteiger partial charge in [0.05, 0.1) is 18.2 Å². The van der Waals surface area contributed by atoms with Crippen molar-refractivity contribution in [1.82, 2.24) is 4.57 Å². The van der Waals surface area contributed by atoms with Gasteiger partial charge in [-0.15, -0.1) is 0 Å². The summed E-state index contributed by atoms with van der Waals surface area (Å²) < 4.78 is 6.50.